The van der Waals surface area contributed by atoms with Crippen molar-refractivity contribution in [3.63, 3.8) is 0 Å². The van der Waals surface area contributed by atoms with Gasteiger partial charge in [-0.1, -0.05) is 23.4 Å². The van der Waals surface area contributed by atoms with Crippen LogP contribution in [0.3, 0.4) is 0 Å². The summed E-state index contributed by atoms with van der Waals surface area (Å²) in [6, 6.07) is 1.79. The molecule has 0 fully saturated rings. The topological polar surface area (TPSA) is 134 Å². The molecule has 0 saturated carbocycles. The Morgan fingerprint density at radius 3 is 2.57 bits per heavy atom. The molecule has 37 heavy (non-hydrogen) atoms. The van der Waals surface area contributed by atoms with Crippen molar-refractivity contribution in [3.8, 4) is 0 Å². The Labute approximate surface area is 212 Å². The van der Waals surface area contributed by atoms with Crippen LogP contribution in [-0.2, 0) is 20.9 Å². The summed E-state index contributed by atoms with van der Waals surface area (Å²) < 4.78 is 31.8. The second kappa shape index (κ2) is 12.2. The third-order valence-electron chi connectivity index (χ3n) is 5.84. The first-order chi connectivity index (χ1) is 17.5. The number of aryl methyl sites for hydroxylation is 1. The number of carbonyl (C=O) groups is 4. The molecule has 4 amide bonds. The minimum atomic E-state index is -1.31. The van der Waals surface area contributed by atoms with E-state index in [-0.39, 0.29) is 36.2 Å². The van der Waals surface area contributed by atoms with Gasteiger partial charge in [-0.2, -0.15) is 0 Å². The predicted molar refractivity (Wildman–Crippen MR) is 128 cm³/mol. The molecular weight excluding hydrogens is 488 g/mol. The van der Waals surface area contributed by atoms with Gasteiger partial charge in [-0.15, -0.1) is 0 Å². The Balaban J connectivity index is 1.66. The Morgan fingerprint density at radius 1 is 1.16 bits per heavy atom. The number of hydrogen-bond donors (Lipinski definition) is 3. The Bertz CT molecular complexity index is 1200. The minimum Gasteiger partial charge on any atom is -0.361 e. The second-order valence-corrected chi connectivity index (χ2v) is 8.78. The highest BCUT2D eigenvalue weighted by Gasteiger charge is 2.31. The Kier molecular flexibility index (Phi) is 9.10. The van der Waals surface area contributed by atoms with Crippen LogP contribution in [0.25, 0.3) is 0 Å². The molecule has 1 aromatic carbocycles. The van der Waals surface area contributed by atoms with Crippen molar-refractivity contribution in [2.75, 3.05) is 6.54 Å². The predicted octanol–water partition coefficient (Wildman–Crippen LogP) is 1.75. The Hall–Kier alpha value is -4.09. The van der Waals surface area contributed by atoms with Gasteiger partial charge in [-0.25, -0.2) is 8.78 Å². The number of benzene rings is 1. The maximum absolute atomic E-state index is 13.8. The first-order valence-corrected chi connectivity index (χ1v) is 11.8. The van der Waals surface area contributed by atoms with Crippen molar-refractivity contribution in [2.24, 2.45) is 0 Å². The van der Waals surface area contributed by atoms with Crippen molar-refractivity contribution in [3.05, 3.63) is 65.1 Å². The molecule has 1 aromatic heterocycles. The summed E-state index contributed by atoms with van der Waals surface area (Å²) in [5.41, 5.74) is 0.000702. The number of nitrogens with zero attached hydrogens (tertiary/aromatic N) is 2. The van der Waals surface area contributed by atoms with E-state index in [4.69, 9.17) is 4.52 Å². The molecule has 0 unspecified atom stereocenters. The third-order valence-corrected chi connectivity index (χ3v) is 5.84. The average Bonchev–Trinajstić information content (AvgIpc) is 3.29. The molecule has 1 aliphatic rings. The molecule has 2 aromatic rings. The van der Waals surface area contributed by atoms with E-state index in [2.05, 4.69) is 21.1 Å². The lowest BCUT2D eigenvalue weighted by molar-refractivity contribution is -0.136. The van der Waals surface area contributed by atoms with Gasteiger partial charge in [0.15, 0.2) is 5.69 Å². The fourth-order valence-corrected chi connectivity index (χ4v) is 3.75. The van der Waals surface area contributed by atoms with Crippen LogP contribution in [0.1, 0.15) is 48.5 Å². The van der Waals surface area contributed by atoms with Gasteiger partial charge in [0.1, 0.15) is 29.5 Å². The van der Waals surface area contributed by atoms with Crippen LogP contribution < -0.4 is 16.0 Å². The lowest BCUT2D eigenvalue weighted by atomic mass is 10.1. The molecule has 2 heterocycles. The first-order valence-electron chi connectivity index (χ1n) is 11.8. The number of halogens is 2. The van der Waals surface area contributed by atoms with Gasteiger partial charge in [0, 0.05) is 36.8 Å². The lowest BCUT2D eigenvalue weighted by Crippen LogP contribution is -2.54. The summed E-state index contributed by atoms with van der Waals surface area (Å²) in [6.07, 6.45) is 4.17. The molecule has 10 nitrogen and oxygen atoms in total. The average molecular weight is 518 g/mol. The maximum atomic E-state index is 13.8. The highest BCUT2D eigenvalue weighted by Crippen LogP contribution is 2.13. The van der Waals surface area contributed by atoms with Gasteiger partial charge in [-0.05, 0) is 33.3 Å². The molecule has 0 bridgehead atoms. The number of amides is 4. The monoisotopic (exact) mass is 517 g/mol. The number of aromatic nitrogens is 1. The fraction of sp³-hybridized carbons (Fsp3) is 0.400. The van der Waals surface area contributed by atoms with E-state index < -0.39 is 41.4 Å². The molecule has 3 rings (SSSR count). The number of nitrogens with one attached hydrogen (secondary N) is 3. The van der Waals surface area contributed by atoms with E-state index in [9.17, 15) is 28.0 Å². The zero-order valence-corrected chi connectivity index (χ0v) is 20.7. The Morgan fingerprint density at radius 2 is 1.92 bits per heavy atom. The van der Waals surface area contributed by atoms with E-state index in [1.165, 1.54) is 19.1 Å². The van der Waals surface area contributed by atoms with Crippen LogP contribution in [-0.4, -0.2) is 58.4 Å². The highest BCUT2D eigenvalue weighted by molar-refractivity contribution is 5.98. The highest BCUT2D eigenvalue weighted by atomic mass is 19.1. The molecule has 12 heteroatoms. The SMILES string of the molecule is Cc1cc(C(=O)N[C@@H](CC(=O)N2CCC=C[C@@H]2C)C(=O)N[C@@H](C)C(=O)NCc2ccc(F)cc2F)no1. The van der Waals surface area contributed by atoms with Crippen molar-refractivity contribution in [2.45, 2.75) is 58.3 Å². The van der Waals surface area contributed by atoms with Crippen LogP contribution in [0, 0.1) is 18.6 Å². The summed E-state index contributed by atoms with van der Waals surface area (Å²) in [6.45, 7) is 5.08. The van der Waals surface area contributed by atoms with Crippen LogP contribution in [0.5, 0.6) is 0 Å². The van der Waals surface area contributed by atoms with Crippen LogP contribution >= 0.6 is 0 Å². The zero-order valence-electron chi connectivity index (χ0n) is 20.7. The van der Waals surface area contributed by atoms with E-state index in [1.807, 2.05) is 19.1 Å². The molecule has 0 saturated heterocycles. The normalized spacial score (nSPS) is 16.6. The standard InChI is InChI=1S/C25H29F2N5O5/c1-14-6-4-5-9-32(14)22(33)12-20(30-25(36)21-10-15(2)37-31-21)24(35)29-16(3)23(34)28-13-17-7-8-18(26)11-19(17)27/h4,6-8,10-11,14,16,20H,5,9,12-13H2,1-3H3,(H,28,34)(H,29,35)(H,30,36)/t14-,16-,20-/m0/s1. The van der Waals surface area contributed by atoms with Crippen molar-refractivity contribution >= 4 is 23.6 Å². The zero-order chi connectivity index (χ0) is 27.1. The molecular formula is C25H29F2N5O5. The lowest BCUT2D eigenvalue weighted by Gasteiger charge is -2.31. The second-order valence-electron chi connectivity index (χ2n) is 8.78. The molecule has 3 atom stereocenters. The number of hydrogen-bond acceptors (Lipinski definition) is 6. The van der Waals surface area contributed by atoms with E-state index in [0.717, 1.165) is 6.07 Å². The largest absolute Gasteiger partial charge is 0.361 e. The number of rotatable bonds is 9. The molecule has 0 radical (unpaired) electrons. The third kappa shape index (κ3) is 7.45. The number of carbonyl (C=O) groups excluding carboxylic acids is 4. The van der Waals surface area contributed by atoms with Crippen LogP contribution in [0.4, 0.5) is 8.78 Å². The van der Waals surface area contributed by atoms with Gasteiger partial charge < -0.3 is 25.4 Å². The van der Waals surface area contributed by atoms with Gasteiger partial charge in [0.05, 0.1) is 6.42 Å². The van der Waals surface area contributed by atoms with Crippen molar-refractivity contribution in [1.82, 2.24) is 26.0 Å². The van der Waals surface area contributed by atoms with Crippen molar-refractivity contribution < 1.29 is 32.5 Å². The summed E-state index contributed by atoms with van der Waals surface area (Å²) in [7, 11) is 0. The fourth-order valence-electron chi connectivity index (χ4n) is 3.75. The molecule has 198 valence electrons. The van der Waals surface area contributed by atoms with Gasteiger partial charge in [0.2, 0.25) is 17.7 Å². The quantitative estimate of drug-likeness (QED) is 0.434. The van der Waals surface area contributed by atoms with Gasteiger partial charge >= 0.3 is 0 Å². The van der Waals surface area contributed by atoms with Gasteiger partial charge in [-0.3, -0.25) is 19.2 Å². The summed E-state index contributed by atoms with van der Waals surface area (Å²) in [5, 5.41) is 11.0. The summed E-state index contributed by atoms with van der Waals surface area (Å²) in [5.74, 6) is -3.65. The van der Waals surface area contributed by atoms with Gasteiger partial charge in [0.25, 0.3) is 5.91 Å². The van der Waals surface area contributed by atoms with Crippen LogP contribution in [0.2, 0.25) is 0 Å². The van der Waals surface area contributed by atoms with E-state index in [0.29, 0.717) is 24.8 Å². The first kappa shape index (κ1) is 27.5. The van der Waals surface area contributed by atoms with Crippen LogP contribution in [0.15, 0.2) is 40.9 Å². The molecule has 0 aliphatic carbocycles. The minimum absolute atomic E-state index is 0.0656. The maximum Gasteiger partial charge on any atom is 0.274 e. The summed E-state index contributed by atoms with van der Waals surface area (Å²) in [4.78, 5) is 52.8. The van der Waals surface area contributed by atoms with Crippen molar-refractivity contribution in [1.29, 1.82) is 0 Å². The smallest absolute Gasteiger partial charge is 0.274 e. The summed E-state index contributed by atoms with van der Waals surface area (Å²) >= 11 is 0. The molecule has 0 spiro atoms. The molecule has 1 aliphatic heterocycles. The molecule has 3 N–H and O–H groups in total. The van der Waals surface area contributed by atoms with E-state index in [1.54, 1.807) is 11.8 Å². The van der Waals surface area contributed by atoms with E-state index >= 15 is 0 Å².